The van der Waals surface area contributed by atoms with Crippen molar-refractivity contribution in [3.63, 3.8) is 0 Å². The van der Waals surface area contributed by atoms with Gasteiger partial charge in [0.1, 0.15) is 11.6 Å². The summed E-state index contributed by atoms with van der Waals surface area (Å²) in [4.78, 5) is -0.0471. The molecule has 0 aliphatic rings. The highest BCUT2D eigenvalue weighted by Crippen LogP contribution is 2.27. The zero-order chi connectivity index (χ0) is 19.3. The van der Waals surface area contributed by atoms with Crippen molar-refractivity contribution in [1.29, 1.82) is 0 Å². The van der Waals surface area contributed by atoms with Crippen LogP contribution in [-0.2, 0) is 10.0 Å². The molecular formula is C19H24FNO4S. The zero-order valence-electron chi connectivity index (χ0n) is 15.0. The number of benzene rings is 2. The van der Waals surface area contributed by atoms with Crippen molar-refractivity contribution in [3.05, 3.63) is 59.9 Å². The maximum absolute atomic E-state index is 13.1. The second-order valence-electron chi connectivity index (χ2n) is 6.20. The lowest BCUT2D eigenvalue weighted by Crippen LogP contribution is -2.43. The molecular weight excluding hydrogens is 357 g/mol. The first-order valence-corrected chi connectivity index (χ1v) is 9.86. The molecule has 0 aliphatic carbocycles. The van der Waals surface area contributed by atoms with Crippen molar-refractivity contribution in [2.24, 2.45) is 5.92 Å². The average Bonchev–Trinajstić information content (AvgIpc) is 2.65. The number of aliphatic hydroxyl groups excluding tert-OH is 1. The molecule has 0 amide bonds. The summed E-state index contributed by atoms with van der Waals surface area (Å²) in [5.74, 6) is 0.0101. The van der Waals surface area contributed by atoms with Gasteiger partial charge < -0.3 is 9.84 Å². The Morgan fingerprint density at radius 3 is 2.19 bits per heavy atom. The van der Waals surface area contributed by atoms with E-state index in [9.17, 15) is 17.9 Å². The number of aliphatic hydroxyl groups is 1. The Bertz CT molecular complexity index is 806. The van der Waals surface area contributed by atoms with Gasteiger partial charge in [-0.15, -0.1) is 0 Å². The molecule has 0 saturated heterocycles. The third-order valence-corrected chi connectivity index (χ3v) is 5.94. The number of rotatable bonds is 8. The summed E-state index contributed by atoms with van der Waals surface area (Å²) in [6.07, 6.45) is -0.366. The number of halogens is 1. The number of nitrogens with one attached hydrogen (secondary N) is 1. The monoisotopic (exact) mass is 381 g/mol. The van der Waals surface area contributed by atoms with E-state index in [2.05, 4.69) is 4.72 Å². The number of hydrogen-bond donors (Lipinski definition) is 2. The summed E-state index contributed by atoms with van der Waals surface area (Å²) < 4.78 is 46.0. The van der Waals surface area contributed by atoms with Crippen molar-refractivity contribution in [3.8, 4) is 5.75 Å². The van der Waals surface area contributed by atoms with Crippen molar-refractivity contribution in [2.45, 2.75) is 37.3 Å². The van der Waals surface area contributed by atoms with Gasteiger partial charge in [0.2, 0.25) is 10.0 Å². The topological polar surface area (TPSA) is 75.6 Å². The van der Waals surface area contributed by atoms with Crippen LogP contribution in [0.2, 0.25) is 0 Å². The molecule has 3 atom stereocenters. The first kappa shape index (κ1) is 20.4. The molecule has 2 N–H and O–H groups in total. The lowest BCUT2D eigenvalue weighted by Gasteiger charge is -2.29. The van der Waals surface area contributed by atoms with Crippen LogP contribution in [-0.4, -0.2) is 26.7 Å². The van der Waals surface area contributed by atoms with Gasteiger partial charge in [0.25, 0.3) is 0 Å². The molecule has 7 heteroatoms. The molecule has 26 heavy (non-hydrogen) atoms. The fourth-order valence-electron chi connectivity index (χ4n) is 2.62. The molecule has 2 aromatic carbocycles. The van der Waals surface area contributed by atoms with Crippen LogP contribution in [0.1, 0.15) is 31.9 Å². The predicted molar refractivity (Wildman–Crippen MR) is 97.9 cm³/mol. The summed E-state index contributed by atoms with van der Waals surface area (Å²) in [7, 11) is -2.35. The van der Waals surface area contributed by atoms with Gasteiger partial charge in [-0.2, -0.15) is 0 Å². The average molecular weight is 381 g/mol. The van der Waals surface area contributed by atoms with Gasteiger partial charge in [-0.05, 0) is 47.9 Å². The molecule has 0 heterocycles. The highest BCUT2D eigenvalue weighted by atomic mass is 32.2. The van der Waals surface area contributed by atoms with Crippen LogP contribution in [0.5, 0.6) is 5.75 Å². The summed E-state index contributed by atoms with van der Waals surface area (Å²) >= 11 is 0. The Labute approximate surface area is 153 Å². The van der Waals surface area contributed by atoms with E-state index in [4.69, 9.17) is 4.74 Å². The second kappa shape index (κ2) is 8.62. The smallest absolute Gasteiger partial charge is 0.240 e. The van der Waals surface area contributed by atoms with Crippen molar-refractivity contribution in [1.82, 2.24) is 4.72 Å². The van der Waals surface area contributed by atoms with Gasteiger partial charge in [-0.25, -0.2) is 17.5 Å². The molecule has 0 aromatic heterocycles. The highest BCUT2D eigenvalue weighted by molar-refractivity contribution is 7.89. The third-order valence-electron chi connectivity index (χ3n) is 4.47. The molecule has 0 bridgehead atoms. The molecule has 142 valence electrons. The van der Waals surface area contributed by atoms with Gasteiger partial charge in [0, 0.05) is 0 Å². The van der Waals surface area contributed by atoms with Gasteiger partial charge in [-0.3, -0.25) is 0 Å². The normalized spacial score (nSPS) is 15.3. The van der Waals surface area contributed by atoms with E-state index in [-0.39, 0.29) is 10.8 Å². The number of methoxy groups -OCH3 is 1. The Morgan fingerprint density at radius 1 is 1.12 bits per heavy atom. The Morgan fingerprint density at radius 2 is 1.69 bits per heavy atom. The minimum atomic E-state index is -3.90. The predicted octanol–water partition coefficient (Wildman–Crippen LogP) is 3.26. The van der Waals surface area contributed by atoms with Gasteiger partial charge in [0.15, 0.2) is 0 Å². The van der Waals surface area contributed by atoms with E-state index in [1.807, 2.05) is 13.8 Å². The van der Waals surface area contributed by atoms with Crippen molar-refractivity contribution >= 4 is 10.0 Å². The van der Waals surface area contributed by atoms with E-state index < -0.39 is 28.0 Å². The van der Waals surface area contributed by atoms with Crippen molar-refractivity contribution < 1.29 is 22.7 Å². The van der Waals surface area contributed by atoms with Crippen LogP contribution in [0.4, 0.5) is 4.39 Å². The Balaban J connectivity index is 2.29. The molecule has 5 nitrogen and oxygen atoms in total. The molecule has 0 aliphatic heterocycles. The van der Waals surface area contributed by atoms with E-state index in [0.717, 1.165) is 12.1 Å². The van der Waals surface area contributed by atoms with Crippen LogP contribution >= 0.6 is 0 Å². The maximum atomic E-state index is 13.1. The molecule has 0 spiro atoms. The fourth-order valence-corrected chi connectivity index (χ4v) is 3.97. The molecule has 2 aromatic rings. The Hall–Kier alpha value is -1.96. The number of sulfonamides is 1. The van der Waals surface area contributed by atoms with Crippen LogP contribution < -0.4 is 9.46 Å². The largest absolute Gasteiger partial charge is 0.497 e. The molecule has 2 rings (SSSR count). The first-order chi connectivity index (χ1) is 12.3. The minimum Gasteiger partial charge on any atom is -0.497 e. The van der Waals surface area contributed by atoms with E-state index in [0.29, 0.717) is 17.7 Å². The van der Waals surface area contributed by atoms with E-state index >= 15 is 0 Å². The summed E-state index contributed by atoms with van der Waals surface area (Å²) in [5, 5.41) is 10.8. The van der Waals surface area contributed by atoms with Gasteiger partial charge in [0.05, 0.1) is 24.2 Å². The van der Waals surface area contributed by atoms with E-state index in [1.54, 1.807) is 31.4 Å². The minimum absolute atomic E-state index is 0.0471. The Kier molecular flexibility index (Phi) is 6.75. The highest BCUT2D eigenvalue weighted by Gasteiger charge is 2.30. The van der Waals surface area contributed by atoms with Crippen LogP contribution in [0.25, 0.3) is 0 Å². The summed E-state index contributed by atoms with van der Waals surface area (Å²) in [6, 6.07) is 10.7. The van der Waals surface area contributed by atoms with Crippen LogP contribution in [0.15, 0.2) is 53.4 Å². The van der Waals surface area contributed by atoms with Crippen LogP contribution in [0.3, 0.4) is 0 Å². The number of hydrogen-bond acceptors (Lipinski definition) is 4. The fraction of sp³-hybridized carbons (Fsp3) is 0.368. The molecule has 0 radical (unpaired) electrons. The number of ether oxygens (including phenoxy) is 1. The summed E-state index contributed by atoms with van der Waals surface area (Å²) in [5.41, 5.74) is 0.581. The SMILES string of the molecule is CCC(C)C(NS(=O)(=O)c1ccc(F)cc1)C(O)c1ccc(OC)cc1. The van der Waals surface area contributed by atoms with Crippen molar-refractivity contribution in [2.75, 3.05) is 7.11 Å². The first-order valence-electron chi connectivity index (χ1n) is 8.38. The molecule has 0 fully saturated rings. The zero-order valence-corrected chi connectivity index (χ0v) is 15.8. The lowest BCUT2D eigenvalue weighted by molar-refractivity contribution is 0.112. The lowest BCUT2D eigenvalue weighted by atomic mass is 9.91. The van der Waals surface area contributed by atoms with Crippen LogP contribution in [0, 0.1) is 11.7 Å². The maximum Gasteiger partial charge on any atom is 0.240 e. The van der Waals surface area contributed by atoms with E-state index in [1.165, 1.54) is 12.1 Å². The third kappa shape index (κ3) is 4.81. The van der Waals surface area contributed by atoms with Gasteiger partial charge >= 0.3 is 0 Å². The molecule has 3 unspecified atom stereocenters. The molecule has 0 saturated carbocycles. The summed E-state index contributed by atoms with van der Waals surface area (Å²) in [6.45, 7) is 3.79. The quantitative estimate of drug-likeness (QED) is 0.736. The van der Waals surface area contributed by atoms with Gasteiger partial charge in [-0.1, -0.05) is 32.4 Å². The standard InChI is InChI=1S/C19H24FNO4S/c1-4-13(2)18(19(22)14-5-9-16(25-3)10-6-14)21-26(23,24)17-11-7-15(20)8-12-17/h5-13,18-19,21-22H,4H2,1-3H3. The second-order valence-corrected chi connectivity index (χ2v) is 7.92.